The lowest BCUT2D eigenvalue weighted by Crippen LogP contribution is -2.23. The number of hydrogen-bond acceptors (Lipinski definition) is 3. The number of aryl methyl sites for hydroxylation is 1. The van der Waals surface area contributed by atoms with Crippen LogP contribution in [0.3, 0.4) is 0 Å². The van der Waals surface area contributed by atoms with Gasteiger partial charge in [0.05, 0.1) is 0 Å². The van der Waals surface area contributed by atoms with E-state index in [9.17, 15) is 9.18 Å². The summed E-state index contributed by atoms with van der Waals surface area (Å²) < 4.78 is 15.2. The second-order valence-corrected chi connectivity index (χ2v) is 5.81. The maximum Gasteiger partial charge on any atom is 0.257 e. The lowest BCUT2D eigenvalue weighted by atomic mass is 10.2. The Kier molecular flexibility index (Phi) is 4.50. The number of thioether (sulfide) groups is 1. The lowest BCUT2D eigenvalue weighted by molar-refractivity contribution is 0.617. The van der Waals surface area contributed by atoms with Gasteiger partial charge in [-0.3, -0.25) is 9.36 Å². The number of halogens is 2. The fourth-order valence-electron chi connectivity index (χ4n) is 1.73. The third-order valence-corrected chi connectivity index (χ3v) is 4.54. The van der Waals surface area contributed by atoms with Crippen LogP contribution in [0.2, 0.25) is 5.02 Å². The summed E-state index contributed by atoms with van der Waals surface area (Å²) >= 11 is 7.27. The number of benzene rings is 1. The van der Waals surface area contributed by atoms with Crippen molar-refractivity contribution in [1.29, 1.82) is 0 Å². The van der Waals surface area contributed by atoms with Gasteiger partial charge >= 0.3 is 0 Å². The summed E-state index contributed by atoms with van der Waals surface area (Å²) in [7, 11) is 1.66. The van der Waals surface area contributed by atoms with Gasteiger partial charge in [-0.2, -0.15) is 0 Å². The van der Waals surface area contributed by atoms with Gasteiger partial charge in [-0.25, -0.2) is 9.37 Å². The van der Waals surface area contributed by atoms with Crippen LogP contribution in [0.1, 0.15) is 16.8 Å². The third-order valence-electron chi connectivity index (χ3n) is 3.13. The predicted molar refractivity (Wildman–Crippen MR) is 79.9 cm³/mol. The van der Waals surface area contributed by atoms with Crippen LogP contribution >= 0.6 is 23.4 Å². The molecule has 6 heteroatoms. The van der Waals surface area contributed by atoms with Gasteiger partial charge in [0.1, 0.15) is 5.82 Å². The first-order valence-electron chi connectivity index (χ1n) is 6.01. The molecule has 0 aliphatic heterocycles. The molecule has 1 aromatic heterocycles. The highest BCUT2D eigenvalue weighted by atomic mass is 35.5. The van der Waals surface area contributed by atoms with E-state index >= 15 is 0 Å². The zero-order valence-electron chi connectivity index (χ0n) is 11.4. The van der Waals surface area contributed by atoms with Gasteiger partial charge in [0.15, 0.2) is 5.16 Å². The van der Waals surface area contributed by atoms with E-state index in [0.717, 1.165) is 0 Å². The smallest absolute Gasteiger partial charge is 0.257 e. The van der Waals surface area contributed by atoms with Crippen molar-refractivity contribution in [2.24, 2.45) is 7.05 Å². The first kappa shape index (κ1) is 15.1. The number of nitrogens with zero attached hydrogens (tertiary/aromatic N) is 2. The second kappa shape index (κ2) is 5.97. The van der Waals surface area contributed by atoms with Crippen molar-refractivity contribution in [3.05, 3.63) is 56.2 Å². The molecule has 20 heavy (non-hydrogen) atoms. The number of hydrogen-bond donors (Lipinski definition) is 0. The van der Waals surface area contributed by atoms with Crippen molar-refractivity contribution >= 4 is 23.4 Å². The lowest BCUT2D eigenvalue weighted by Gasteiger charge is -2.10. The Balaban J connectivity index is 2.31. The van der Waals surface area contributed by atoms with Gasteiger partial charge in [-0.05, 0) is 26.0 Å². The highest BCUT2D eigenvalue weighted by Crippen LogP contribution is 2.27. The summed E-state index contributed by atoms with van der Waals surface area (Å²) in [4.78, 5) is 16.3. The summed E-state index contributed by atoms with van der Waals surface area (Å²) in [6, 6.07) is 4.58. The molecular formula is C14H14ClFN2OS. The summed E-state index contributed by atoms with van der Waals surface area (Å²) in [5, 5.41) is 0.934. The maximum absolute atomic E-state index is 13.7. The second-order valence-electron chi connectivity index (χ2n) is 4.46. The van der Waals surface area contributed by atoms with Gasteiger partial charge < -0.3 is 0 Å². The van der Waals surface area contributed by atoms with Crippen LogP contribution in [0, 0.1) is 19.7 Å². The van der Waals surface area contributed by atoms with Crippen LogP contribution in [0.4, 0.5) is 4.39 Å². The van der Waals surface area contributed by atoms with Gasteiger partial charge in [0, 0.05) is 34.6 Å². The van der Waals surface area contributed by atoms with Gasteiger partial charge in [-0.1, -0.05) is 29.4 Å². The molecule has 0 spiro atoms. The van der Waals surface area contributed by atoms with Crippen LogP contribution in [0.5, 0.6) is 0 Å². The van der Waals surface area contributed by atoms with E-state index in [1.165, 1.54) is 22.4 Å². The van der Waals surface area contributed by atoms with Crippen LogP contribution in [-0.4, -0.2) is 9.55 Å². The molecule has 2 rings (SSSR count). The molecule has 0 fully saturated rings. The monoisotopic (exact) mass is 312 g/mol. The van der Waals surface area contributed by atoms with E-state index in [-0.39, 0.29) is 11.4 Å². The van der Waals surface area contributed by atoms with E-state index in [1.54, 1.807) is 33.0 Å². The van der Waals surface area contributed by atoms with Crippen LogP contribution < -0.4 is 5.56 Å². The Hall–Kier alpha value is -1.33. The number of aromatic nitrogens is 2. The van der Waals surface area contributed by atoms with Gasteiger partial charge in [0.2, 0.25) is 0 Å². The Morgan fingerprint density at radius 1 is 1.40 bits per heavy atom. The molecule has 1 heterocycles. The first-order chi connectivity index (χ1) is 9.41. The molecule has 0 saturated carbocycles. The minimum Gasteiger partial charge on any atom is -0.291 e. The molecule has 0 aliphatic rings. The van der Waals surface area contributed by atoms with E-state index in [1.807, 2.05) is 0 Å². The third kappa shape index (κ3) is 2.88. The first-order valence-corrected chi connectivity index (χ1v) is 7.38. The van der Waals surface area contributed by atoms with Crippen LogP contribution in [0.15, 0.2) is 28.2 Å². The average Bonchev–Trinajstić information content (AvgIpc) is 2.41. The van der Waals surface area contributed by atoms with E-state index in [4.69, 9.17) is 11.6 Å². The van der Waals surface area contributed by atoms with Crippen molar-refractivity contribution < 1.29 is 4.39 Å². The summed E-state index contributed by atoms with van der Waals surface area (Å²) in [5.41, 5.74) is 1.65. The Morgan fingerprint density at radius 2 is 2.10 bits per heavy atom. The fraction of sp³-hybridized carbons (Fsp3) is 0.286. The van der Waals surface area contributed by atoms with E-state index in [2.05, 4.69) is 4.98 Å². The van der Waals surface area contributed by atoms with Crippen molar-refractivity contribution in [3.8, 4) is 0 Å². The zero-order valence-corrected chi connectivity index (χ0v) is 13.0. The van der Waals surface area contributed by atoms with Crippen molar-refractivity contribution in [2.75, 3.05) is 0 Å². The highest BCUT2D eigenvalue weighted by molar-refractivity contribution is 7.98. The molecule has 0 saturated heterocycles. The average molecular weight is 313 g/mol. The molecule has 2 aromatic rings. The Morgan fingerprint density at radius 3 is 2.75 bits per heavy atom. The van der Waals surface area contributed by atoms with Gasteiger partial charge in [0.25, 0.3) is 5.56 Å². The molecule has 0 amide bonds. The fourth-order valence-corrected chi connectivity index (χ4v) is 3.09. The molecule has 3 nitrogen and oxygen atoms in total. The molecule has 0 bridgehead atoms. The molecule has 0 aliphatic carbocycles. The molecule has 1 aromatic carbocycles. The maximum atomic E-state index is 13.7. The van der Waals surface area contributed by atoms with Crippen molar-refractivity contribution in [2.45, 2.75) is 24.8 Å². The summed E-state index contributed by atoms with van der Waals surface area (Å²) in [6.07, 6.45) is 0. The van der Waals surface area contributed by atoms with Gasteiger partial charge in [-0.15, -0.1) is 0 Å². The predicted octanol–water partition coefficient (Wildman–Crippen LogP) is 3.48. The van der Waals surface area contributed by atoms with Crippen LogP contribution in [-0.2, 0) is 12.8 Å². The van der Waals surface area contributed by atoms with Crippen LogP contribution in [0.25, 0.3) is 0 Å². The zero-order chi connectivity index (χ0) is 14.9. The summed E-state index contributed by atoms with van der Waals surface area (Å²) in [6.45, 7) is 3.53. The standard InChI is InChI=1S/C14H14ClFN2OS/c1-8-9(2)17-14(18(3)13(8)19)20-7-10-11(15)5-4-6-12(10)16/h4-6H,7H2,1-3H3. The Labute approximate surface area is 125 Å². The minimum atomic E-state index is -0.348. The van der Waals surface area contributed by atoms with E-state index < -0.39 is 0 Å². The minimum absolute atomic E-state index is 0.0837. The largest absolute Gasteiger partial charge is 0.291 e. The molecular weight excluding hydrogens is 299 g/mol. The normalized spacial score (nSPS) is 10.8. The quantitative estimate of drug-likeness (QED) is 0.643. The molecule has 0 unspecified atom stereocenters. The molecule has 106 valence electrons. The molecule has 0 N–H and O–H groups in total. The summed E-state index contributed by atoms with van der Waals surface area (Å²) in [5.74, 6) is -0.0206. The Bertz CT molecular complexity index is 695. The topological polar surface area (TPSA) is 34.9 Å². The SMILES string of the molecule is Cc1nc(SCc2c(F)cccc2Cl)n(C)c(=O)c1C. The molecule has 0 atom stereocenters. The molecule has 0 radical (unpaired) electrons. The highest BCUT2D eigenvalue weighted by Gasteiger charge is 2.12. The number of rotatable bonds is 3. The van der Waals surface area contributed by atoms with Crippen molar-refractivity contribution in [3.63, 3.8) is 0 Å². The van der Waals surface area contributed by atoms with Crippen molar-refractivity contribution in [1.82, 2.24) is 9.55 Å². The van der Waals surface area contributed by atoms with E-state index in [0.29, 0.717) is 32.8 Å².